The maximum atomic E-state index is 2.38. The van der Waals surface area contributed by atoms with Crippen LogP contribution in [0.4, 0.5) is 0 Å². The van der Waals surface area contributed by atoms with Crippen molar-refractivity contribution in [3.8, 4) is 0 Å². The molecule has 2 heteroatoms. The van der Waals surface area contributed by atoms with E-state index in [0.29, 0.717) is 5.92 Å². The van der Waals surface area contributed by atoms with Gasteiger partial charge in [0.25, 0.3) is 0 Å². The van der Waals surface area contributed by atoms with Gasteiger partial charge in [0.2, 0.25) is 0 Å². The van der Waals surface area contributed by atoms with Gasteiger partial charge in [-0.05, 0) is 75.2 Å². The zero-order valence-electron chi connectivity index (χ0n) is 7.14. The van der Waals surface area contributed by atoms with Gasteiger partial charge in [0.1, 0.15) is 0 Å². The van der Waals surface area contributed by atoms with Crippen LogP contribution in [0, 0.1) is 19.5 Å². The van der Waals surface area contributed by atoms with Crippen LogP contribution in [0.25, 0.3) is 0 Å². The molecule has 0 aliphatic rings. The topological polar surface area (TPSA) is 0 Å². The van der Waals surface area contributed by atoms with Crippen LogP contribution in [0.5, 0.6) is 0 Å². The van der Waals surface area contributed by atoms with E-state index in [2.05, 4.69) is 83.6 Å². The molecule has 0 unspecified atom stereocenters. The Hall–Kier alpha value is 0.680. The average molecular weight is 385 g/mol. The number of hydrogen-bond donors (Lipinski definition) is 0. The van der Waals surface area contributed by atoms with Crippen molar-refractivity contribution >= 4 is 45.2 Å². The monoisotopic (exact) mass is 385 g/mol. The van der Waals surface area contributed by atoms with Crippen LogP contribution in [-0.4, -0.2) is 0 Å². The van der Waals surface area contributed by atoms with Crippen LogP contribution < -0.4 is 0 Å². The minimum absolute atomic E-state index is 0.624. The van der Waals surface area contributed by atoms with Crippen molar-refractivity contribution in [1.29, 1.82) is 0 Å². The molecule has 0 bridgehead atoms. The van der Waals surface area contributed by atoms with Crippen molar-refractivity contribution in [3.05, 3.63) is 37.3 Å². The molecule has 0 atom stereocenters. The molecule has 1 rings (SSSR count). The third-order valence-electron chi connectivity index (χ3n) is 1.48. The fourth-order valence-corrected chi connectivity index (χ4v) is 2.78. The van der Waals surface area contributed by atoms with Crippen molar-refractivity contribution in [2.24, 2.45) is 5.92 Å². The molecule has 0 fully saturated rings. The van der Waals surface area contributed by atoms with E-state index < -0.39 is 0 Å². The van der Waals surface area contributed by atoms with Crippen molar-refractivity contribution in [1.82, 2.24) is 0 Å². The summed E-state index contributed by atoms with van der Waals surface area (Å²) in [6, 6.07) is 6.54. The van der Waals surface area contributed by atoms with Crippen LogP contribution in [0.1, 0.15) is 19.4 Å². The SMILES string of the molecule is CC(C)[CH]c1ccc(I)cc1I. The van der Waals surface area contributed by atoms with Gasteiger partial charge in [0, 0.05) is 7.14 Å². The Kier molecular flexibility index (Phi) is 4.29. The molecule has 0 saturated carbocycles. The van der Waals surface area contributed by atoms with Crippen LogP contribution in [0.3, 0.4) is 0 Å². The van der Waals surface area contributed by atoms with Gasteiger partial charge in [-0.3, -0.25) is 0 Å². The second-order valence-electron chi connectivity index (χ2n) is 3.08. The van der Waals surface area contributed by atoms with Crippen LogP contribution in [-0.2, 0) is 0 Å². The fourth-order valence-electron chi connectivity index (χ4n) is 0.996. The highest BCUT2D eigenvalue weighted by Crippen LogP contribution is 2.20. The van der Waals surface area contributed by atoms with Crippen LogP contribution in [0.2, 0.25) is 0 Å². The quantitative estimate of drug-likeness (QED) is 0.673. The van der Waals surface area contributed by atoms with Crippen molar-refractivity contribution in [2.45, 2.75) is 13.8 Å². The molecule has 0 aliphatic heterocycles. The summed E-state index contributed by atoms with van der Waals surface area (Å²) in [6.07, 6.45) is 2.29. The first-order valence-corrected chi connectivity index (χ1v) is 6.05. The lowest BCUT2D eigenvalue weighted by molar-refractivity contribution is 0.775. The van der Waals surface area contributed by atoms with Crippen molar-refractivity contribution in [3.63, 3.8) is 0 Å². The first-order valence-electron chi connectivity index (χ1n) is 3.89. The van der Waals surface area contributed by atoms with Gasteiger partial charge in [-0.2, -0.15) is 0 Å². The molecule has 0 nitrogen and oxygen atoms in total. The Morgan fingerprint density at radius 1 is 1.25 bits per heavy atom. The Morgan fingerprint density at radius 2 is 1.92 bits per heavy atom. The highest BCUT2D eigenvalue weighted by atomic mass is 127. The van der Waals surface area contributed by atoms with Crippen molar-refractivity contribution in [2.75, 3.05) is 0 Å². The molecule has 1 aromatic carbocycles. The minimum Gasteiger partial charge on any atom is -0.0622 e. The molecule has 65 valence electrons. The predicted molar refractivity (Wildman–Crippen MR) is 70.1 cm³/mol. The Balaban J connectivity index is 2.86. The van der Waals surface area contributed by atoms with Crippen LogP contribution >= 0.6 is 45.2 Å². The summed E-state index contributed by atoms with van der Waals surface area (Å²) in [4.78, 5) is 0. The summed E-state index contributed by atoms with van der Waals surface area (Å²) in [5, 5.41) is 0. The van der Waals surface area contributed by atoms with Crippen LogP contribution in [0.15, 0.2) is 18.2 Å². The van der Waals surface area contributed by atoms with E-state index >= 15 is 0 Å². The summed E-state index contributed by atoms with van der Waals surface area (Å²) in [5.74, 6) is 0.624. The van der Waals surface area contributed by atoms with Gasteiger partial charge in [0.15, 0.2) is 0 Å². The largest absolute Gasteiger partial charge is 0.0622 e. The standard InChI is InChI=1S/C10H11I2/c1-7(2)5-8-3-4-9(11)6-10(8)12/h3-7H,1-2H3. The molecule has 1 aromatic rings. The molecule has 0 heterocycles. The second kappa shape index (κ2) is 4.79. The zero-order valence-corrected chi connectivity index (χ0v) is 11.5. The third kappa shape index (κ3) is 3.20. The molecule has 0 saturated heterocycles. The minimum atomic E-state index is 0.624. The van der Waals surface area contributed by atoms with E-state index in [9.17, 15) is 0 Å². The predicted octanol–water partition coefficient (Wildman–Crippen LogP) is 4.10. The average Bonchev–Trinajstić information content (AvgIpc) is 1.94. The maximum Gasteiger partial charge on any atom is 0.0176 e. The molecule has 0 aliphatic carbocycles. The summed E-state index contributed by atoms with van der Waals surface area (Å²) >= 11 is 4.72. The zero-order chi connectivity index (χ0) is 9.14. The van der Waals surface area contributed by atoms with E-state index in [4.69, 9.17) is 0 Å². The van der Waals surface area contributed by atoms with E-state index in [0.717, 1.165) is 0 Å². The number of rotatable bonds is 2. The lowest BCUT2D eigenvalue weighted by Crippen LogP contribution is -1.93. The summed E-state index contributed by atoms with van der Waals surface area (Å²) in [7, 11) is 0. The normalized spacial score (nSPS) is 10.8. The summed E-state index contributed by atoms with van der Waals surface area (Å²) in [5.41, 5.74) is 1.35. The molecule has 12 heavy (non-hydrogen) atoms. The summed E-state index contributed by atoms with van der Waals surface area (Å²) < 4.78 is 2.64. The van der Waals surface area contributed by atoms with Gasteiger partial charge in [-0.15, -0.1) is 0 Å². The Labute approximate surface area is 101 Å². The highest BCUT2D eigenvalue weighted by Gasteiger charge is 2.02. The molecule has 1 radical (unpaired) electrons. The van der Waals surface area contributed by atoms with Gasteiger partial charge < -0.3 is 0 Å². The van der Waals surface area contributed by atoms with E-state index in [1.165, 1.54) is 12.7 Å². The molecule has 0 spiro atoms. The lowest BCUT2D eigenvalue weighted by Gasteiger charge is -2.06. The molecule has 0 amide bonds. The van der Waals surface area contributed by atoms with Gasteiger partial charge in [-0.25, -0.2) is 0 Å². The first-order chi connectivity index (χ1) is 5.59. The number of hydrogen-bond acceptors (Lipinski definition) is 0. The Morgan fingerprint density at radius 3 is 2.42 bits per heavy atom. The number of halogens is 2. The smallest absolute Gasteiger partial charge is 0.0176 e. The van der Waals surface area contributed by atoms with Gasteiger partial charge in [-0.1, -0.05) is 19.9 Å². The summed E-state index contributed by atoms with van der Waals surface area (Å²) in [6.45, 7) is 4.40. The van der Waals surface area contributed by atoms with E-state index in [1.54, 1.807) is 0 Å². The lowest BCUT2D eigenvalue weighted by atomic mass is 10.0. The van der Waals surface area contributed by atoms with E-state index in [-0.39, 0.29) is 0 Å². The van der Waals surface area contributed by atoms with E-state index in [1.807, 2.05) is 0 Å². The van der Waals surface area contributed by atoms with Gasteiger partial charge >= 0.3 is 0 Å². The highest BCUT2D eigenvalue weighted by molar-refractivity contribution is 14.1. The number of benzene rings is 1. The molecular formula is C10H11I2. The molecule has 0 aromatic heterocycles. The molecular weight excluding hydrogens is 374 g/mol. The Bertz CT molecular complexity index is 267. The first kappa shape index (κ1) is 10.8. The van der Waals surface area contributed by atoms with Gasteiger partial charge in [0.05, 0.1) is 0 Å². The third-order valence-corrected chi connectivity index (χ3v) is 3.08. The fraction of sp³-hybridized carbons (Fsp3) is 0.300. The molecule has 0 N–H and O–H groups in total. The maximum absolute atomic E-state index is 2.38. The van der Waals surface area contributed by atoms with Crippen molar-refractivity contribution < 1.29 is 0 Å². The second-order valence-corrected chi connectivity index (χ2v) is 5.48.